The summed E-state index contributed by atoms with van der Waals surface area (Å²) in [5, 5.41) is 8.39. The van der Waals surface area contributed by atoms with Crippen molar-refractivity contribution in [1.82, 2.24) is 15.5 Å². The average molecular weight is 487 g/mol. The summed E-state index contributed by atoms with van der Waals surface area (Å²) in [7, 11) is 3.08. The second-order valence-electron chi connectivity index (χ2n) is 8.36. The number of carbonyl (C=O) groups excluding carboxylic acids is 3. The van der Waals surface area contributed by atoms with Gasteiger partial charge in [-0.2, -0.15) is 0 Å². The van der Waals surface area contributed by atoms with Crippen molar-refractivity contribution < 1.29 is 28.2 Å². The zero-order chi connectivity index (χ0) is 25.4. The number of halogens is 1. The highest BCUT2D eigenvalue weighted by Gasteiger charge is 2.27. The highest BCUT2D eigenvalue weighted by molar-refractivity contribution is 5.89. The highest BCUT2D eigenvalue weighted by atomic mass is 19.1. The van der Waals surface area contributed by atoms with E-state index < -0.39 is 11.9 Å². The lowest BCUT2D eigenvalue weighted by atomic mass is 10.0. The topological polar surface area (TPSA) is 109 Å². The molecule has 1 heterocycles. The molecule has 1 saturated heterocycles. The Bertz CT molecular complexity index is 1060. The van der Waals surface area contributed by atoms with Crippen molar-refractivity contribution >= 4 is 23.5 Å². The number of piperidine rings is 1. The summed E-state index contributed by atoms with van der Waals surface area (Å²) in [6, 6.07) is 9.84. The molecule has 3 rings (SSSR count). The first kappa shape index (κ1) is 25.8. The van der Waals surface area contributed by atoms with Crippen LogP contribution >= 0.6 is 0 Å². The van der Waals surface area contributed by atoms with Gasteiger partial charge in [0.15, 0.2) is 11.5 Å². The smallest absolute Gasteiger partial charge is 0.321 e. The first-order valence-electron chi connectivity index (χ1n) is 11.4. The van der Waals surface area contributed by atoms with Crippen molar-refractivity contribution in [2.45, 2.75) is 38.3 Å². The monoisotopic (exact) mass is 486 g/mol. The molecule has 0 unspecified atom stereocenters. The second kappa shape index (κ2) is 12.0. The summed E-state index contributed by atoms with van der Waals surface area (Å²) in [4.78, 5) is 38.9. The molecule has 0 radical (unpaired) electrons. The fraction of sp³-hybridized carbons (Fsp3) is 0.400. The van der Waals surface area contributed by atoms with Crippen molar-refractivity contribution in [2.24, 2.45) is 0 Å². The summed E-state index contributed by atoms with van der Waals surface area (Å²) in [6.45, 7) is 2.24. The lowest BCUT2D eigenvalue weighted by molar-refractivity contribution is -0.128. The summed E-state index contributed by atoms with van der Waals surface area (Å²) < 4.78 is 23.9. The molecule has 9 nitrogen and oxygen atoms in total. The largest absolute Gasteiger partial charge is 0.493 e. The number of nitrogens with zero attached hydrogens (tertiary/aromatic N) is 1. The summed E-state index contributed by atoms with van der Waals surface area (Å²) >= 11 is 0. The van der Waals surface area contributed by atoms with Gasteiger partial charge in [-0.05, 0) is 48.7 Å². The lowest BCUT2D eigenvalue weighted by Crippen LogP contribution is -2.53. The number of urea groups is 1. The standard InChI is InChI=1S/C25H31FN4O5/c1-16(31)27-21(13-17-7-8-22(34-2)23(14-17)35-3)24(32)28-19-9-11-30(12-10-19)25(33)29-20-6-4-5-18(26)15-20/h4-8,14-15,19,21H,9-13H2,1-3H3,(H,27,31)(H,28,32)(H,29,33)/t21-/m0/s1. The third-order valence-electron chi connectivity index (χ3n) is 5.79. The number of hydrogen-bond acceptors (Lipinski definition) is 5. The van der Waals surface area contributed by atoms with Gasteiger partial charge in [-0.25, -0.2) is 9.18 Å². The normalized spacial score (nSPS) is 14.6. The molecule has 4 amide bonds. The summed E-state index contributed by atoms with van der Waals surface area (Å²) in [5.41, 5.74) is 1.19. The van der Waals surface area contributed by atoms with E-state index in [0.29, 0.717) is 43.1 Å². The molecule has 10 heteroatoms. The average Bonchev–Trinajstić information content (AvgIpc) is 2.83. The molecule has 2 aromatic carbocycles. The van der Waals surface area contributed by atoms with Crippen LogP contribution in [0.15, 0.2) is 42.5 Å². The fourth-order valence-corrected chi connectivity index (χ4v) is 4.00. The lowest BCUT2D eigenvalue weighted by Gasteiger charge is -2.33. The summed E-state index contributed by atoms with van der Waals surface area (Å²) in [5.74, 6) is 0.0824. The molecule has 0 spiro atoms. The van der Waals surface area contributed by atoms with Crippen LogP contribution in [0.4, 0.5) is 14.9 Å². The van der Waals surface area contributed by atoms with Crippen molar-refractivity contribution in [1.29, 1.82) is 0 Å². The minimum Gasteiger partial charge on any atom is -0.493 e. The van der Waals surface area contributed by atoms with E-state index >= 15 is 0 Å². The fourth-order valence-electron chi connectivity index (χ4n) is 4.00. The van der Waals surface area contributed by atoms with Crippen LogP contribution in [0.2, 0.25) is 0 Å². The van der Waals surface area contributed by atoms with Crippen LogP contribution in [-0.4, -0.2) is 62.1 Å². The van der Waals surface area contributed by atoms with E-state index in [2.05, 4.69) is 16.0 Å². The van der Waals surface area contributed by atoms with E-state index in [9.17, 15) is 18.8 Å². The molecular weight excluding hydrogens is 455 g/mol. The van der Waals surface area contributed by atoms with Gasteiger partial charge >= 0.3 is 6.03 Å². The van der Waals surface area contributed by atoms with Crippen LogP contribution in [-0.2, 0) is 16.0 Å². The minimum atomic E-state index is -0.764. The van der Waals surface area contributed by atoms with Gasteiger partial charge in [0, 0.05) is 38.2 Å². The number of likely N-dealkylation sites (tertiary alicyclic amines) is 1. The number of carbonyl (C=O) groups is 3. The predicted molar refractivity (Wildman–Crippen MR) is 129 cm³/mol. The SMILES string of the molecule is COc1ccc(C[C@H](NC(C)=O)C(=O)NC2CCN(C(=O)Nc3cccc(F)c3)CC2)cc1OC. The first-order valence-corrected chi connectivity index (χ1v) is 11.4. The molecule has 0 bridgehead atoms. The maximum atomic E-state index is 13.3. The van der Waals surface area contributed by atoms with E-state index in [1.807, 2.05) is 6.07 Å². The molecule has 0 aromatic heterocycles. The van der Waals surface area contributed by atoms with Gasteiger partial charge in [0.1, 0.15) is 11.9 Å². The number of ether oxygens (including phenoxy) is 2. The van der Waals surface area contributed by atoms with E-state index in [1.165, 1.54) is 32.2 Å². The zero-order valence-corrected chi connectivity index (χ0v) is 20.1. The van der Waals surface area contributed by atoms with Gasteiger partial charge in [0.05, 0.1) is 14.2 Å². The second-order valence-corrected chi connectivity index (χ2v) is 8.36. The van der Waals surface area contributed by atoms with Crippen LogP contribution in [0.1, 0.15) is 25.3 Å². The number of methoxy groups -OCH3 is 2. The van der Waals surface area contributed by atoms with Crippen molar-refractivity contribution in [3.8, 4) is 11.5 Å². The molecule has 0 saturated carbocycles. The van der Waals surface area contributed by atoms with E-state index in [0.717, 1.165) is 5.56 Å². The summed E-state index contributed by atoms with van der Waals surface area (Å²) in [6.07, 6.45) is 1.40. The molecule has 1 atom stereocenters. The third-order valence-corrected chi connectivity index (χ3v) is 5.79. The molecule has 0 aliphatic carbocycles. The first-order chi connectivity index (χ1) is 16.8. The molecule has 1 aliphatic rings. The minimum absolute atomic E-state index is 0.137. The Morgan fingerprint density at radius 2 is 1.77 bits per heavy atom. The van der Waals surface area contributed by atoms with E-state index in [-0.39, 0.29) is 30.3 Å². The van der Waals surface area contributed by atoms with E-state index in [4.69, 9.17) is 9.47 Å². The number of nitrogens with one attached hydrogen (secondary N) is 3. The molecular formula is C25H31FN4O5. The van der Waals surface area contributed by atoms with Crippen LogP contribution in [0.3, 0.4) is 0 Å². The Balaban J connectivity index is 1.55. The number of amides is 4. The maximum Gasteiger partial charge on any atom is 0.321 e. The molecule has 1 aliphatic heterocycles. The molecule has 35 heavy (non-hydrogen) atoms. The van der Waals surface area contributed by atoms with Gasteiger partial charge in [0.25, 0.3) is 0 Å². The van der Waals surface area contributed by atoms with Gasteiger partial charge in [-0.1, -0.05) is 12.1 Å². The zero-order valence-electron chi connectivity index (χ0n) is 20.1. The predicted octanol–water partition coefficient (Wildman–Crippen LogP) is 2.70. The van der Waals surface area contributed by atoms with Gasteiger partial charge in [0.2, 0.25) is 11.8 Å². The molecule has 1 fully saturated rings. The van der Waals surface area contributed by atoms with Gasteiger partial charge < -0.3 is 30.3 Å². The Morgan fingerprint density at radius 1 is 1.06 bits per heavy atom. The number of rotatable bonds is 8. The van der Waals surface area contributed by atoms with Crippen molar-refractivity contribution in [3.63, 3.8) is 0 Å². The van der Waals surface area contributed by atoms with Gasteiger partial charge in [-0.15, -0.1) is 0 Å². The van der Waals surface area contributed by atoms with Crippen LogP contribution < -0.4 is 25.4 Å². The van der Waals surface area contributed by atoms with Gasteiger partial charge in [-0.3, -0.25) is 9.59 Å². The van der Waals surface area contributed by atoms with Crippen molar-refractivity contribution in [3.05, 3.63) is 53.8 Å². The van der Waals surface area contributed by atoms with E-state index in [1.54, 1.807) is 30.2 Å². The highest BCUT2D eigenvalue weighted by Crippen LogP contribution is 2.28. The quantitative estimate of drug-likeness (QED) is 0.532. The molecule has 188 valence electrons. The number of anilines is 1. The maximum absolute atomic E-state index is 13.3. The molecule has 2 aromatic rings. The number of benzene rings is 2. The Kier molecular flexibility index (Phi) is 8.88. The Labute approximate surface area is 204 Å². The molecule has 3 N–H and O–H groups in total. The Hall–Kier alpha value is -3.82. The number of hydrogen-bond donors (Lipinski definition) is 3. The van der Waals surface area contributed by atoms with Crippen LogP contribution in [0.25, 0.3) is 0 Å². The van der Waals surface area contributed by atoms with Crippen LogP contribution in [0, 0.1) is 5.82 Å². The Morgan fingerprint density at radius 3 is 2.40 bits per heavy atom. The van der Waals surface area contributed by atoms with Crippen molar-refractivity contribution in [2.75, 3.05) is 32.6 Å². The third kappa shape index (κ3) is 7.33. The van der Waals surface area contributed by atoms with Crippen LogP contribution in [0.5, 0.6) is 11.5 Å².